The van der Waals surface area contributed by atoms with Crippen LogP contribution >= 0.6 is 11.9 Å². The molecule has 0 bridgehead atoms. The lowest BCUT2D eigenvalue weighted by molar-refractivity contribution is -0.137. The Morgan fingerprint density at radius 1 is 1.29 bits per heavy atom. The molecule has 7 nitrogen and oxygen atoms in total. The summed E-state index contributed by atoms with van der Waals surface area (Å²) < 4.78 is 8.13. The number of carbonyl (C=O) groups is 1. The van der Waals surface area contributed by atoms with Crippen molar-refractivity contribution in [3.8, 4) is 5.75 Å². The fourth-order valence-corrected chi connectivity index (χ4v) is 5.27. The lowest BCUT2D eigenvalue weighted by Crippen LogP contribution is -2.20. The summed E-state index contributed by atoms with van der Waals surface area (Å²) in [5.74, 6) is -0.283. The van der Waals surface area contributed by atoms with Crippen molar-refractivity contribution in [2.24, 2.45) is 0 Å². The van der Waals surface area contributed by atoms with Gasteiger partial charge in [0, 0.05) is 38.4 Å². The minimum Gasteiger partial charge on any atom is -0.491 e. The molecule has 3 aromatic rings. The first-order valence-electron chi connectivity index (χ1n) is 11.2. The van der Waals surface area contributed by atoms with E-state index < -0.39 is 5.97 Å². The van der Waals surface area contributed by atoms with Crippen molar-refractivity contribution < 1.29 is 14.6 Å². The van der Waals surface area contributed by atoms with Crippen molar-refractivity contribution in [2.45, 2.75) is 37.6 Å². The van der Waals surface area contributed by atoms with Crippen molar-refractivity contribution >= 4 is 29.3 Å². The Kier molecular flexibility index (Phi) is 7.29. The van der Waals surface area contributed by atoms with Gasteiger partial charge in [-0.2, -0.15) is 0 Å². The summed E-state index contributed by atoms with van der Waals surface area (Å²) in [5.41, 5.74) is 13.0. The highest BCUT2D eigenvalue weighted by molar-refractivity contribution is 7.97. The van der Waals surface area contributed by atoms with Gasteiger partial charge in [0.1, 0.15) is 12.4 Å². The summed E-state index contributed by atoms with van der Waals surface area (Å²) in [6.07, 6.45) is 3.56. The number of carboxylic acid groups (broad SMARTS) is 1. The van der Waals surface area contributed by atoms with Gasteiger partial charge in [0.25, 0.3) is 0 Å². The molecule has 1 unspecified atom stereocenters. The van der Waals surface area contributed by atoms with Gasteiger partial charge in [-0.15, -0.1) is 0 Å². The molecule has 1 aliphatic rings. The molecule has 0 radical (unpaired) electrons. The molecule has 0 amide bonds. The quantitative estimate of drug-likeness (QED) is 0.328. The smallest absolute Gasteiger partial charge is 0.304 e. The molecule has 4 N–H and O–H groups in total. The Morgan fingerprint density at radius 2 is 2.12 bits per heavy atom. The monoisotopic (exact) mass is 478 g/mol. The van der Waals surface area contributed by atoms with Gasteiger partial charge in [0.05, 0.1) is 22.7 Å². The van der Waals surface area contributed by atoms with Crippen LogP contribution in [0.3, 0.4) is 0 Å². The molecule has 1 aliphatic heterocycles. The van der Waals surface area contributed by atoms with E-state index in [1.165, 1.54) is 0 Å². The van der Waals surface area contributed by atoms with Crippen LogP contribution in [0.2, 0.25) is 0 Å². The number of carboxylic acids is 1. The lowest BCUT2D eigenvalue weighted by Gasteiger charge is -2.23. The normalized spacial score (nSPS) is 14.6. The second kappa shape index (κ2) is 10.4. The maximum atomic E-state index is 11.8. The average Bonchev–Trinajstić information content (AvgIpc) is 3.02. The van der Waals surface area contributed by atoms with Gasteiger partial charge in [-0.05, 0) is 65.7 Å². The zero-order valence-corrected chi connectivity index (χ0v) is 20.5. The number of fused-ring (bicyclic) bond motifs is 1. The highest BCUT2D eigenvalue weighted by Gasteiger charge is 2.23. The molecular formula is C26H30N4O3S. The summed E-state index contributed by atoms with van der Waals surface area (Å²) in [6, 6.07) is 12.0. The molecule has 1 aromatic heterocycles. The van der Waals surface area contributed by atoms with E-state index in [1.807, 2.05) is 44.4 Å². The number of nitrogens with two attached hydrogens (primary N) is 1. The topological polar surface area (TPSA) is 101 Å². The molecule has 0 saturated heterocycles. The summed E-state index contributed by atoms with van der Waals surface area (Å²) in [6.45, 7) is 6.12. The van der Waals surface area contributed by atoms with E-state index in [0.29, 0.717) is 18.8 Å². The molecule has 1 atom stereocenters. The molecule has 2 heterocycles. The van der Waals surface area contributed by atoms with Crippen LogP contribution in [0.4, 0.5) is 11.4 Å². The number of aromatic nitrogens is 1. The molecular weight excluding hydrogens is 448 g/mol. The summed E-state index contributed by atoms with van der Waals surface area (Å²) in [5, 5.41) is 12.8. The summed E-state index contributed by atoms with van der Waals surface area (Å²) >= 11 is 1.64. The van der Waals surface area contributed by atoms with Crippen LogP contribution in [0, 0.1) is 13.8 Å². The van der Waals surface area contributed by atoms with E-state index in [4.69, 9.17) is 10.5 Å². The summed E-state index contributed by atoms with van der Waals surface area (Å²) in [7, 11) is 1.83. The molecule has 34 heavy (non-hydrogen) atoms. The number of rotatable bonds is 7. The SMILES string of the molecule is CNc1ccc(C(CC(=O)O)c2ccc(C)c(CN3CCOc4ccncc4S3)c2)c(C)c1N. The van der Waals surface area contributed by atoms with E-state index in [9.17, 15) is 9.90 Å². The minimum absolute atomic E-state index is 0.00691. The van der Waals surface area contributed by atoms with E-state index in [2.05, 4.69) is 33.7 Å². The third-order valence-electron chi connectivity index (χ3n) is 6.27. The Labute approximate surface area is 204 Å². The van der Waals surface area contributed by atoms with Gasteiger partial charge in [-0.3, -0.25) is 9.78 Å². The summed E-state index contributed by atoms with van der Waals surface area (Å²) in [4.78, 5) is 17.0. The van der Waals surface area contributed by atoms with Crippen molar-refractivity contribution in [1.29, 1.82) is 0 Å². The largest absolute Gasteiger partial charge is 0.491 e. The molecule has 2 aromatic carbocycles. The van der Waals surface area contributed by atoms with Crippen LogP contribution < -0.4 is 15.8 Å². The van der Waals surface area contributed by atoms with Crippen LogP contribution in [-0.2, 0) is 11.3 Å². The van der Waals surface area contributed by atoms with Gasteiger partial charge >= 0.3 is 5.97 Å². The number of pyridine rings is 1. The third kappa shape index (κ3) is 5.13. The Balaban J connectivity index is 1.66. The van der Waals surface area contributed by atoms with E-state index in [-0.39, 0.29) is 12.3 Å². The molecule has 0 aliphatic carbocycles. The molecule has 0 saturated carbocycles. The maximum Gasteiger partial charge on any atom is 0.304 e. The van der Waals surface area contributed by atoms with Crippen LogP contribution in [-0.4, -0.2) is 40.6 Å². The van der Waals surface area contributed by atoms with Crippen molar-refractivity contribution in [1.82, 2.24) is 9.29 Å². The van der Waals surface area contributed by atoms with E-state index >= 15 is 0 Å². The number of anilines is 2. The standard InChI is InChI=1S/C26H30N4O3S/c1-16-4-5-18(21(13-25(31)32)20-6-7-22(28-3)26(27)17(20)2)12-19(16)15-30-10-11-33-23-8-9-29-14-24(23)34-30/h4-9,12,14,21,28H,10-11,13,15,27H2,1-3H3,(H,31,32). The maximum absolute atomic E-state index is 11.8. The fourth-order valence-electron chi connectivity index (χ4n) is 4.30. The number of hydrogen-bond donors (Lipinski definition) is 3. The number of hydrogen-bond acceptors (Lipinski definition) is 7. The average molecular weight is 479 g/mol. The zero-order chi connectivity index (χ0) is 24.2. The second-order valence-corrected chi connectivity index (χ2v) is 9.59. The Bertz CT molecular complexity index is 1200. The van der Waals surface area contributed by atoms with Gasteiger partial charge in [-0.25, -0.2) is 4.31 Å². The van der Waals surface area contributed by atoms with E-state index in [0.717, 1.165) is 50.7 Å². The predicted octanol–water partition coefficient (Wildman–Crippen LogP) is 4.83. The third-order valence-corrected chi connectivity index (χ3v) is 7.35. The highest BCUT2D eigenvalue weighted by atomic mass is 32.2. The van der Waals surface area contributed by atoms with Gasteiger partial charge in [0.15, 0.2) is 0 Å². The minimum atomic E-state index is -0.841. The highest BCUT2D eigenvalue weighted by Crippen LogP contribution is 2.38. The molecule has 178 valence electrons. The van der Waals surface area contributed by atoms with Gasteiger partial charge in [0.2, 0.25) is 0 Å². The van der Waals surface area contributed by atoms with Crippen LogP contribution in [0.15, 0.2) is 53.7 Å². The number of ether oxygens (including phenoxy) is 1. The first kappa shape index (κ1) is 23.9. The van der Waals surface area contributed by atoms with Crippen LogP contribution in [0.1, 0.15) is 40.2 Å². The first-order chi connectivity index (χ1) is 16.4. The molecule has 4 rings (SSSR count). The van der Waals surface area contributed by atoms with Gasteiger partial charge < -0.3 is 20.9 Å². The molecule has 0 fully saturated rings. The fraction of sp³-hybridized carbons (Fsp3) is 0.308. The van der Waals surface area contributed by atoms with Crippen molar-refractivity contribution in [3.05, 3.63) is 76.6 Å². The van der Waals surface area contributed by atoms with Crippen molar-refractivity contribution in [2.75, 3.05) is 31.2 Å². The Morgan fingerprint density at radius 3 is 2.88 bits per heavy atom. The van der Waals surface area contributed by atoms with Crippen LogP contribution in [0.5, 0.6) is 5.75 Å². The number of aryl methyl sites for hydroxylation is 1. The molecule has 0 spiro atoms. The Hall–Kier alpha value is -3.23. The predicted molar refractivity (Wildman–Crippen MR) is 136 cm³/mol. The number of benzene rings is 2. The first-order valence-corrected chi connectivity index (χ1v) is 12.0. The number of aliphatic carboxylic acids is 1. The zero-order valence-electron chi connectivity index (χ0n) is 19.7. The number of nitrogens with one attached hydrogen (secondary N) is 1. The van der Waals surface area contributed by atoms with Crippen LogP contribution in [0.25, 0.3) is 0 Å². The van der Waals surface area contributed by atoms with E-state index in [1.54, 1.807) is 18.1 Å². The molecule has 8 heteroatoms. The number of nitrogens with zero attached hydrogens (tertiary/aromatic N) is 2. The number of nitrogen functional groups attached to an aromatic ring is 1. The second-order valence-electron chi connectivity index (χ2n) is 8.45. The van der Waals surface area contributed by atoms with Crippen molar-refractivity contribution in [3.63, 3.8) is 0 Å². The lowest BCUT2D eigenvalue weighted by atomic mass is 9.84. The van der Waals surface area contributed by atoms with Gasteiger partial charge in [-0.1, -0.05) is 24.3 Å².